The van der Waals surface area contributed by atoms with E-state index in [1.165, 1.54) is 38.8 Å². The molecule has 0 aromatic rings. The lowest BCUT2D eigenvalue weighted by atomic mass is 10.2. The Balaban J connectivity index is 1.84. The molecule has 2 heteroatoms. The highest BCUT2D eigenvalue weighted by Gasteiger charge is 2.49. The van der Waals surface area contributed by atoms with Gasteiger partial charge < -0.3 is 4.74 Å². The quantitative estimate of drug-likeness (QED) is 0.637. The average molecular weight is 169 g/mol. The van der Waals surface area contributed by atoms with Gasteiger partial charge in [0.05, 0.1) is 13.2 Å². The molecule has 0 unspecified atom stereocenters. The van der Waals surface area contributed by atoms with Crippen molar-refractivity contribution in [2.75, 3.05) is 26.3 Å². The van der Waals surface area contributed by atoms with Crippen LogP contribution in [-0.2, 0) is 4.74 Å². The van der Waals surface area contributed by atoms with Crippen LogP contribution in [0.25, 0.3) is 0 Å². The molecule has 1 spiro atoms. The molecule has 0 amide bonds. The first kappa shape index (κ1) is 8.52. The van der Waals surface area contributed by atoms with E-state index in [9.17, 15) is 0 Å². The largest absolute Gasteiger partial charge is 0.378 e. The fourth-order valence-electron chi connectivity index (χ4n) is 2.07. The van der Waals surface area contributed by atoms with Crippen molar-refractivity contribution in [3.63, 3.8) is 0 Å². The lowest BCUT2D eigenvalue weighted by molar-refractivity contribution is -0.0206. The van der Waals surface area contributed by atoms with E-state index in [-0.39, 0.29) is 0 Å². The molecule has 2 rings (SSSR count). The van der Waals surface area contributed by atoms with E-state index in [4.69, 9.17) is 4.74 Å². The van der Waals surface area contributed by atoms with Crippen molar-refractivity contribution in [1.82, 2.24) is 4.90 Å². The molecule has 0 radical (unpaired) electrons. The minimum atomic E-state index is 0.507. The van der Waals surface area contributed by atoms with Crippen molar-refractivity contribution in [2.24, 2.45) is 0 Å². The van der Waals surface area contributed by atoms with E-state index in [0.717, 1.165) is 13.2 Å². The molecule has 1 aliphatic carbocycles. The van der Waals surface area contributed by atoms with Crippen LogP contribution in [0, 0.1) is 0 Å². The summed E-state index contributed by atoms with van der Waals surface area (Å²) in [6.07, 6.45) is 5.41. The van der Waals surface area contributed by atoms with Gasteiger partial charge in [0, 0.05) is 12.1 Å². The molecule has 0 aromatic heterocycles. The summed E-state index contributed by atoms with van der Waals surface area (Å²) >= 11 is 0. The zero-order valence-corrected chi connectivity index (χ0v) is 8.01. The first-order valence-electron chi connectivity index (χ1n) is 5.20. The predicted octanol–water partition coefficient (Wildman–Crippen LogP) is 1.65. The summed E-state index contributed by atoms with van der Waals surface area (Å²) in [5.74, 6) is 0. The molecule has 12 heavy (non-hydrogen) atoms. The molecule has 70 valence electrons. The number of morpholine rings is 1. The van der Waals surface area contributed by atoms with Gasteiger partial charge in [-0.15, -0.1) is 0 Å². The summed E-state index contributed by atoms with van der Waals surface area (Å²) in [4.78, 5) is 2.65. The molecule has 0 atom stereocenters. The van der Waals surface area contributed by atoms with Gasteiger partial charge in [0.2, 0.25) is 0 Å². The van der Waals surface area contributed by atoms with Crippen molar-refractivity contribution in [1.29, 1.82) is 0 Å². The molecular formula is C10H19NO. The van der Waals surface area contributed by atoms with Gasteiger partial charge in [0.25, 0.3) is 0 Å². The Morgan fingerprint density at radius 2 is 2.25 bits per heavy atom. The maximum absolute atomic E-state index is 5.52. The molecule has 2 fully saturated rings. The topological polar surface area (TPSA) is 12.5 Å². The van der Waals surface area contributed by atoms with Crippen molar-refractivity contribution < 1.29 is 4.74 Å². The first-order chi connectivity index (χ1) is 5.87. The zero-order valence-electron chi connectivity index (χ0n) is 8.01. The number of nitrogens with zero attached hydrogens (tertiary/aromatic N) is 1. The van der Waals surface area contributed by atoms with Crippen LogP contribution < -0.4 is 0 Å². The number of unbranched alkanes of at least 4 members (excludes halogenated alkanes) is 1. The van der Waals surface area contributed by atoms with Gasteiger partial charge in [-0.25, -0.2) is 0 Å². The summed E-state index contributed by atoms with van der Waals surface area (Å²) in [6.45, 7) is 6.67. The normalized spacial score (nSPS) is 27.8. The lowest BCUT2D eigenvalue weighted by Crippen LogP contribution is -2.47. The van der Waals surface area contributed by atoms with Crippen LogP contribution in [0.4, 0.5) is 0 Å². The fourth-order valence-corrected chi connectivity index (χ4v) is 2.07. The minimum Gasteiger partial charge on any atom is -0.378 e. The first-order valence-corrected chi connectivity index (χ1v) is 5.20. The van der Waals surface area contributed by atoms with Crippen LogP contribution in [-0.4, -0.2) is 36.7 Å². The van der Waals surface area contributed by atoms with Crippen molar-refractivity contribution in [3.05, 3.63) is 0 Å². The van der Waals surface area contributed by atoms with Gasteiger partial charge in [0.1, 0.15) is 0 Å². The van der Waals surface area contributed by atoms with Gasteiger partial charge in [-0.05, 0) is 25.8 Å². The minimum absolute atomic E-state index is 0.507. The Morgan fingerprint density at radius 1 is 1.42 bits per heavy atom. The molecule has 2 aliphatic rings. The van der Waals surface area contributed by atoms with Crippen molar-refractivity contribution in [3.8, 4) is 0 Å². The maximum Gasteiger partial charge on any atom is 0.0651 e. The van der Waals surface area contributed by atoms with E-state index < -0.39 is 0 Å². The Morgan fingerprint density at radius 3 is 2.92 bits per heavy atom. The highest BCUT2D eigenvalue weighted by atomic mass is 16.5. The predicted molar refractivity (Wildman–Crippen MR) is 49.3 cm³/mol. The summed E-state index contributed by atoms with van der Waals surface area (Å²) in [5, 5.41) is 0. The summed E-state index contributed by atoms with van der Waals surface area (Å²) < 4.78 is 5.52. The number of rotatable bonds is 3. The van der Waals surface area contributed by atoms with Crippen LogP contribution in [0.2, 0.25) is 0 Å². The summed E-state index contributed by atoms with van der Waals surface area (Å²) in [7, 11) is 0. The van der Waals surface area contributed by atoms with E-state index in [1.54, 1.807) is 0 Å². The maximum atomic E-state index is 5.52. The van der Waals surface area contributed by atoms with Crippen molar-refractivity contribution in [2.45, 2.75) is 38.1 Å². The second-order valence-electron chi connectivity index (χ2n) is 4.12. The van der Waals surface area contributed by atoms with Crippen LogP contribution in [0.3, 0.4) is 0 Å². The molecular weight excluding hydrogens is 150 g/mol. The number of hydrogen-bond acceptors (Lipinski definition) is 2. The van der Waals surface area contributed by atoms with Crippen LogP contribution >= 0.6 is 0 Å². The van der Waals surface area contributed by atoms with Gasteiger partial charge in [-0.2, -0.15) is 0 Å². The van der Waals surface area contributed by atoms with Crippen LogP contribution in [0.5, 0.6) is 0 Å². The van der Waals surface area contributed by atoms with E-state index >= 15 is 0 Å². The van der Waals surface area contributed by atoms with E-state index in [1.807, 2.05) is 0 Å². The van der Waals surface area contributed by atoms with E-state index in [2.05, 4.69) is 11.8 Å². The molecule has 2 nitrogen and oxygen atoms in total. The number of hydrogen-bond donors (Lipinski definition) is 0. The monoisotopic (exact) mass is 169 g/mol. The number of ether oxygens (including phenoxy) is 1. The Bertz CT molecular complexity index is 154. The Labute approximate surface area is 74.9 Å². The highest BCUT2D eigenvalue weighted by molar-refractivity contribution is 5.05. The highest BCUT2D eigenvalue weighted by Crippen LogP contribution is 2.43. The Hall–Kier alpha value is -0.0800. The molecule has 1 saturated carbocycles. The molecule has 1 saturated heterocycles. The molecule has 1 heterocycles. The second-order valence-corrected chi connectivity index (χ2v) is 4.12. The zero-order chi connectivity index (χ0) is 8.44. The third-order valence-corrected chi connectivity index (χ3v) is 3.16. The Kier molecular flexibility index (Phi) is 2.37. The van der Waals surface area contributed by atoms with Gasteiger partial charge in [-0.3, -0.25) is 4.90 Å². The second kappa shape index (κ2) is 3.35. The standard InChI is InChI=1S/C10H19NO/c1-2-3-6-11-7-8-12-9-10(11)4-5-10/h2-9H2,1H3. The van der Waals surface area contributed by atoms with E-state index in [0.29, 0.717) is 5.54 Å². The molecule has 0 N–H and O–H groups in total. The van der Waals surface area contributed by atoms with Gasteiger partial charge in [0.15, 0.2) is 0 Å². The van der Waals surface area contributed by atoms with Gasteiger partial charge >= 0.3 is 0 Å². The van der Waals surface area contributed by atoms with Crippen molar-refractivity contribution >= 4 is 0 Å². The van der Waals surface area contributed by atoms with Crippen LogP contribution in [0.15, 0.2) is 0 Å². The smallest absolute Gasteiger partial charge is 0.0651 e. The summed E-state index contributed by atoms with van der Waals surface area (Å²) in [6, 6.07) is 0. The third kappa shape index (κ3) is 1.50. The fraction of sp³-hybridized carbons (Fsp3) is 1.00. The SMILES string of the molecule is CCCCN1CCOCC12CC2. The average Bonchev–Trinajstić information content (AvgIpc) is 2.85. The molecule has 0 aromatic carbocycles. The van der Waals surface area contributed by atoms with Crippen LogP contribution in [0.1, 0.15) is 32.6 Å². The van der Waals surface area contributed by atoms with Gasteiger partial charge in [-0.1, -0.05) is 13.3 Å². The molecule has 1 aliphatic heterocycles. The third-order valence-electron chi connectivity index (χ3n) is 3.16. The lowest BCUT2D eigenvalue weighted by Gasteiger charge is -2.35. The molecule has 0 bridgehead atoms. The summed E-state index contributed by atoms with van der Waals surface area (Å²) in [5.41, 5.74) is 0.507.